The Bertz CT molecular complexity index is 861. The zero-order valence-electron chi connectivity index (χ0n) is 13.0. The number of hydrogen-bond donors (Lipinski definition) is 1. The molecule has 126 valence electrons. The van der Waals surface area contributed by atoms with Crippen LogP contribution in [0.3, 0.4) is 0 Å². The molecule has 0 saturated heterocycles. The van der Waals surface area contributed by atoms with Crippen molar-refractivity contribution in [1.82, 2.24) is 9.88 Å². The van der Waals surface area contributed by atoms with Gasteiger partial charge in [0.05, 0.1) is 5.56 Å². The van der Waals surface area contributed by atoms with E-state index in [2.05, 4.69) is 10.3 Å². The van der Waals surface area contributed by atoms with Gasteiger partial charge in [-0.15, -0.1) is 0 Å². The van der Waals surface area contributed by atoms with Gasteiger partial charge in [-0.25, -0.2) is 0 Å². The summed E-state index contributed by atoms with van der Waals surface area (Å²) in [5.74, 6) is -0.445. The van der Waals surface area contributed by atoms with Gasteiger partial charge in [0.15, 0.2) is 11.5 Å². The molecule has 1 N–H and O–H groups in total. The van der Waals surface area contributed by atoms with Gasteiger partial charge in [-0.3, -0.25) is 24.3 Å². The molecule has 0 bridgehead atoms. The van der Waals surface area contributed by atoms with Crippen molar-refractivity contribution in [2.45, 2.75) is 0 Å². The van der Waals surface area contributed by atoms with Crippen molar-refractivity contribution in [3.8, 4) is 11.5 Å². The van der Waals surface area contributed by atoms with Gasteiger partial charge < -0.3 is 14.8 Å². The molecule has 8 nitrogen and oxygen atoms in total. The Hall–Kier alpha value is -3.42. The lowest BCUT2D eigenvalue weighted by Crippen LogP contribution is -2.37. The number of fused-ring (bicyclic) bond motifs is 2. The third-order valence-electron chi connectivity index (χ3n) is 3.86. The summed E-state index contributed by atoms with van der Waals surface area (Å²) in [7, 11) is 0. The summed E-state index contributed by atoms with van der Waals surface area (Å²) in [6, 6.07) is 8.08. The molecule has 2 aliphatic heterocycles. The summed E-state index contributed by atoms with van der Waals surface area (Å²) in [6.45, 7) is 0.529. The predicted octanol–water partition coefficient (Wildman–Crippen LogP) is 1.09. The van der Waals surface area contributed by atoms with E-state index in [1.54, 1.807) is 24.3 Å². The van der Waals surface area contributed by atoms with Crippen LogP contribution in [-0.2, 0) is 4.79 Å². The second kappa shape index (κ2) is 5.90. The van der Waals surface area contributed by atoms with Crippen LogP contribution in [0.2, 0.25) is 0 Å². The zero-order valence-corrected chi connectivity index (χ0v) is 13.0. The van der Waals surface area contributed by atoms with Gasteiger partial charge in [0, 0.05) is 18.0 Å². The largest absolute Gasteiger partial charge is 0.486 e. The molecule has 0 spiro atoms. The second-order valence-corrected chi connectivity index (χ2v) is 5.50. The maximum absolute atomic E-state index is 12.2. The number of imide groups is 1. The van der Waals surface area contributed by atoms with Gasteiger partial charge in [0.1, 0.15) is 25.5 Å². The van der Waals surface area contributed by atoms with Crippen molar-refractivity contribution in [1.29, 1.82) is 0 Å². The maximum Gasteiger partial charge on any atom is 0.280 e. The number of carbonyl (C=O) groups is 3. The second-order valence-electron chi connectivity index (χ2n) is 5.50. The number of ether oxygens (including phenoxy) is 2. The highest BCUT2D eigenvalue weighted by Gasteiger charge is 2.37. The average Bonchev–Trinajstić information content (AvgIpc) is 2.87. The number of carbonyl (C=O) groups excluding carboxylic acids is 3. The standard InChI is InChI=1S/C17H13N3O5/c21-14(19-10-3-4-12-13(8-10)25-7-6-24-12)9-20-16(22)11-2-1-5-18-15(11)17(20)23/h1-5,8H,6-7,9H2,(H,19,21). The number of anilines is 1. The minimum atomic E-state index is -0.571. The highest BCUT2D eigenvalue weighted by Crippen LogP contribution is 2.32. The molecule has 0 saturated carbocycles. The van der Waals surface area contributed by atoms with Gasteiger partial charge in [-0.05, 0) is 24.3 Å². The van der Waals surface area contributed by atoms with E-state index in [0.29, 0.717) is 30.4 Å². The number of nitrogens with zero attached hydrogens (tertiary/aromatic N) is 2. The van der Waals surface area contributed by atoms with E-state index < -0.39 is 17.7 Å². The van der Waals surface area contributed by atoms with E-state index >= 15 is 0 Å². The van der Waals surface area contributed by atoms with Gasteiger partial charge in [-0.1, -0.05) is 0 Å². The minimum Gasteiger partial charge on any atom is -0.486 e. The van der Waals surface area contributed by atoms with E-state index in [-0.39, 0.29) is 17.8 Å². The number of hydrogen-bond acceptors (Lipinski definition) is 6. The van der Waals surface area contributed by atoms with Crippen LogP contribution in [-0.4, -0.2) is 47.4 Å². The first-order valence-electron chi connectivity index (χ1n) is 7.64. The molecule has 0 atom stereocenters. The molecule has 8 heteroatoms. The molecule has 1 aromatic carbocycles. The summed E-state index contributed by atoms with van der Waals surface area (Å²) >= 11 is 0. The highest BCUT2D eigenvalue weighted by atomic mass is 16.6. The van der Waals surface area contributed by atoms with Gasteiger partial charge in [0.25, 0.3) is 11.8 Å². The molecule has 1 aromatic heterocycles. The van der Waals surface area contributed by atoms with Crippen molar-refractivity contribution >= 4 is 23.4 Å². The Morgan fingerprint density at radius 2 is 1.92 bits per heavy atom. The van der Waals surface area contributed by atoms with Crippen molar-refractivity contribution in [2.75, 3.05) is 25.1 Å². The molecule has 0 radical (unpaired) electrons. The zero-order chi connectivity index (χ0) is 17.4. The number of pyridine rings is 1. The van der Waals surface area contributed by atoms with Crippen LogP contribution in [0.1, 0.15) is 20.8 Å². The monoisotopic (exact) mass is 339 g/mol. The van der Waals surface area contributed by atoms with Crippen LogP contribution >= 0.6 is 0 Å². The molecule has 0 fully saturated rings. The van der Waals surface area contributed by atoms with E-state index in [1.807, 2.05) is 0 Å². The third kappa shape index (κ3) is 2.67. The number of nitrogens with one attached hydrogen (secondary N) is 1. The molecular weight excluding hydrogens is 326 g/mol. The molecule has 4 rings (SSSR count). The van der Waals surface area contributed by atoms with Gasteiger partial charge in [0.2, 0.25) is 5.91 Å². The fourth-order valence-corrected chi connectivity index (χ4v) is 2.72. The summed E-state index contributed by atoms with van der Waals surface area (Å²) in [5, 5.41) is 2.65. The molecule has 2 aliphatic rings. The fraction of sp³-hybridized carbons (Fsp3) is 0.176. The lowest BCUT2D eigenvalue weighted by Gasteiger charge is -2.19. The smallest absolute Gasteiger partial charge is 0.280 e. The lowest BCUT2D eigenvalue weighted by molar-refractivity contribution is -0.116. The molecular formula is C17H13N3O5. The van der Waals surface area contributed by atoms with E-state index in [4.69, 9.17) is 9.47 Å². The third-order valence-corrected chi connectivity index (χ3v) is 3.86. The van der Waals surface area contributed by atoms with Crippen molar-refractivity contribution in [3.05, 3.63) is 47.8 Å². The van der Waals surface area contributed by atoms with Crippen molar-refractivity contribution in [2.24, 2.45) is 0 Å². The topological polar surface area (TPSA) is 97.8 Å². The van der Waals surface area contributed by atoms with Crippen LogP contribution in [0.5, 0.6) is 11.5 Å². The normalized spacial score (nSPS) is 15.1. The molecule has 3 heterocycles. The Morgan fingerprint density at radius 3 is 2.72 bits per heavy atom. The number of aromatic nitrogens is 1. The number of amides is 3. The predicted molar refractivity (Wildman–Crippen MR) is 85.7 cm³/mol. The molecule has 3 amide bonds. The first-order valence-corrected chi connectivity index (χ1v) is 7.64. The van der Waals surface area contributed by atoms with Gasteiger partial charge in [-0.2, -0.15) is 0 Å². The van der Waals surface area contributed by atoms with Crippen LogP contribution < -0.4 is 14.8 Å². The van der Waals surface area contributed by atoms with Crippen molar-refractivity contribution < 1.29 is 23.9 Å². The first kappa shape index (κ1) is 15.1. The fourth-order valence-electron chi connectivity index (χ4n) is 2.72. The number of benzene rings is 1. The first-order chi connectivity index (χ1) is 12.1. The van der Waals surface area contributed by atoms with E-state index in [1.165, 1.54) is 12.3 Å². The molecule has 2 aromatic rings. The van der Waals surface area contributed by atoms with Crippen LogP contribution in [0, 0.1) is 0 Å². The summed E-state index contributed by atoms with van der Waals surface area (Å²) < 4.78 is 10.9. The van der Waals surface area contributed by atoms with Gasteiger partial charge >= 0.3 is 0 Å². The molecule has 0 unspecified atom stereocenters. The maximum atomic E-state index is 12.2. The Labute approximate surface area is 142 Å². The SMILES string of the molecule is O=C(CN1C(=O)c2cccnc2C1=O)Nc1ccc2c(c1)OCCO2. The summed E-state index contributed by atoms with van der Waals surface area (Å²) in [4.78, 5) is 41.5. The Morgan fingerprint density at radius 1 is 1.12 bits per heavy atom. The lowest BCUT2D eigenvalue weighted by atomic mass is 10.2. The van der Waals surface area contributed by atoms with Crippen LogP contribution in [0.25, 0.3) is 0 Å². The summed E-state index contributed by atoms with van der Waals surface area (Å²) in [6.07, 6.45) is 1.43. The average molecular weight is 339 g/mol. The van der Waals surface area contributed by atoms with Crippen LogP contribution in [0.15, 0.2) is 36.5 Å². The molecule has 25 heavy (non-hydrogen) atoms. The Kier molecular flexibility index (Phi) is 3.57. The van der Waals surface area contributed by atoms with Crippen LogP contribution in [0.4, 0.5) is 5.69 Å². The number of rotatable bonds is 3. The van der Waals surface area contributed by atoms with E-state index in [9.17, 15) is 14.4 Å². The minimum absolute atomic E-state index is 0.0691. The Balaban J connectivity index is 1.46. The quantitative estimate of drug-likeness (QED) is 0.841. The van der Waals surface area contributed by atoms with E-state index in [0.717, 1.165) is 4.90 Å². The van der Waals surface area contributed by atoms with Crippen molar-refractivity contribution in [3.63, 3.8) is 0 Å². The highest BCUT2D eigenvalue weighted by molar-refractivity contribution is 6.21. The molecule has 0 aliphatic carbocycles. The summed E-state index contributed by atoms with van der Waals surface area (Å²) in [5.41, 5.74) is 0.767.